The molecule has 0 saturated carbocycles. The summed E-state index contributed by atoms with van der Waals surface area (Å²) >= 11 is 0. The Kier molecular flexibility index (Phi) is 14.6. The zero-order chi connectivity index (χ0) is 37.0. The maximum absolute atomic E-state index is 13.0. The molecule has 1 heterocycles. The van der Waals surface area contributed by atoms with Crippen LogP contribution in [0, 0.1) is 18.3 Å². The van der Waals surface area contributed by atoms with Gasteiger partial charge in [0.1, 0.15) is 17.1 Å². The van der Waals surface area contributed by atoms with E-state index in [1.54, 1.807) is 27.3 Å². The van der Waals surface area contributed by atoms with Gasteiger partial charge in [0.2, 0.25) is 0 Å². The number of rotatable bonds is 19. The first-order valence-electron chi connectivity index (χ1n) is 17.1. The van der Waals surface area contributed by atoms with Gasteiger partial charge in [-0.05, 0) is 82.0 Å². The molecule has 1 aromatic heterocycles. The number of hydrogen-bond acceptors (Lipinski definition) is 9. The summed E-state index contributed by atoms with van der Waals surface area (Å²) in [6.07, 6.45) is 1.53. The number of nitriles is 1. The number of H-pyrrole nitrogens is 1. The Morgan fingerprint density at radius 1 is 0.843 bits per heavy atom. The molecule has 0 bridgehead atoms. The van der Waals surface area contributed by atoms with Crippen LogP contribution in [-0.2, 0) is 25.9 Å². The van der Waals surface area contributed by atoms with E-state index in [4.69, 9.17) is 23.3 Å². The Hall–Kier alpha value is -4.30. The van der Waals surface area contributed by atoms with Crippen LogP contribution in [0.3, 0.4) is 0 Å². The summed E-state index contributed by atoms with van der Waals surface area (Å²) in [7, 11) is 1.61. The number of nitrogens with zero attached hydrogens (tertiary/aromatic N) is 3. The molecular weight excluding hydrogens is 667 g/mol. The van der Waals surface area contributed by atoms with Crippen LogP contribution in [0.25, 0.3) is 0 Å². The number of methoxy groups -OCH3 is 2. The molecule has 0 fully saturated rings. The van der Waals surface area contributed by atoms with E-state index in [0.29, 0.717) is 12.0 Å². The Morgan fingerprint density at radius 2 is 1.39 bits per heavy atom. The molecule has 0 spiro atoms. The average Bonchev–Trinajstić information content (AvgIpc) is 3.12. The van der Waals surface area contributed by atoms with Crippen molar-refractivity contribution in [2.75, 3.05) is 27.4 Å². The van der Waals surface area contributed by atoms with Gasteiger partial charge in [-0.3, -0.25) is 14.3 Å². The molecule has 0 radical (unpaired) electrons. The minimum atomic E-state index is -1.65. The third kappa shape index (κ3) is 9.94. The highest BCUT2D eigenvalue weighted by atomic mass is 31.2. The summed E-state index contributed by atoms with van der Waals surface area (Å²) < 4.78 is 34.7. The largest absolute Gasteiger partial charge is 0.497 e. The first-order chi connectivity index (χ1) is 24.5. The highest BCUT2D eigenvalue weighted by Gasteiger charge is 2.38. The number of hydrogen-bond donors (Lipinski definition) is 1. The monoisotopic (exact) mass is 716 g/mol. The van der Waals surface area contributed by atoms with Crippen LogP contribution in [0.4, 0.5) is 0 Å². The van der Waals surface area contributed by atoms with Gasteiger partial charge >= 0.3 is 5.69 Å². The molecule has 0 aliphatic carbocycles. The fourth-order valence-electron chi connectivity index (χ4n) is 5.99. The first-order valence-corrected chi connectivity index (χ1v) is 18.2. The lowest BCUT2D eigenvalue weighted by atomic mass is 9.80. The van der Waals surface area contributed by atoms with Crippen molar-refractivity contribution in [1.82, 2.24) is 14.2 Å². The maximum Gasteiger partial charge on any atom is 0.328 e. The van der Waals surface area contributed by atoms with Gasteiger partial charge in [0, 0.05) is 23.8 Å². The molecule has 0 amide bonds. The van der Waals surface area contributed by atoms with E-state index in [0.717, 1.165) is 28.2 Å². The second kappa shape index (κ2) is 18.8. The van der Waals surface area contributed by atoms with Gasteiger partial charge in [0.25, 0.3) is 14.1 Å². The average molecular weight is 717 g/mol. The van der Waals surface area contributed by atoms with Crippen LogP contribution >= 0.6 is 8.53 Å². The lowest BCUT2D eigenvalue weighted by Crippen LogP contribution is -2.38. The third-order valence-corrected chi connectivity index (χ3v) is 10.6. The predicted octanol–water partition coefficient (Wildman–Crippen LogP) is 6.92. The number of benzene rings is 3. The van der Waals surface area contributed by atoms with E-state index in [1.165, 1.54) is 4.57 Å². The van der Waals surface area contributed by atoms with E-state index in [9.17, 15) is 14.9 Å². The van der Waals surface area contributed by atoms with Gasteiger partial charge in [0.05, 0.1) is 52.6 Å². The number of aromatic nitrogens is 2. The highest BCUT2D eigenvalue weighted by Crippen LogP contribution is 2.48. The summed E-state index contributed by atoms with van der Waals surface area (Å²) in [5.41, 5.74) is 1.08. The normalized spacial score (nSPS) is 13.0. The van der Waals surface area contributed by atoms with E-state index in [2.05, 4.69) is 43.4 Å². The molecule has 11 nitrogen and oxygen atoms in total. The second-order valence-corrected chi connectivity index (χ2v) is 14.0. The smallest absolute Gasteiger partial charge is 0.328 e. The predicted molar refractivity (Wildman–Crippen MR) is 199 cm³/mol. The fraction of sp³-hybridized carbons (Fsp3) is 0.410. The van der Waals surface area contributed by atoms with E-state index >= 15 is 0 Å². The Balaban J connectivity index is 1.78. The molecule has 0 aliphatic heterocycles. The van der Waals surface area contributed by atoms with Crippen molar-refractivity contribution in [3.8, 4) is 17.6 Å². The van der Waals surface area contributed by atoms with Crippen molar-refractivity contribution < 1.29 is 23.3 Å². The van der Waals surface area contributed by atoms with Crippen LogP contribution in [0.5, 0.6) is 11.5 Å². The zero-order valence-corrected chi connectivity index (χ0v) is 31.4. The van der Waals surface area contributed by atoms with Crippen LogP contribution in [-0.4, -0.2) is 59.8 Å². The summed E-state index contributed by atoms with van der Waals surface area (Å²) in [6, 6.07) is 27.9. The van der Waals surface area contributed by atoms with Crippen molar-refractivity contribution in [2.45, 2.75) is 77.8 Å². The zero-order valence-electron chi connectivity index (χ0n) is 30.5. The van der Waals surface area contributed by atoms with E-state index in [1.807, 2.05) is 78.9 Å². The molecule has 4 aromatic rings. The summed E-state index contributed by atoms with van der Waals surface area (Å²) in [4.78, 5) is 27.6. The second-order valence-electron chi connectivity index (χ2n) is 12.6. The van der Waals surface area contributed by atoms with Gasteiger partial charge in [-0.2, -0.15) is 5.26 Å². The van der Waals surface area contributed by atoms with Crippen molar-refractivity contribution in [1.29, 1.82) is 5.26 Å². The number of aromatic amines is 1. The van der Waals surface area contributed by atoms with Gasteiger partial charge < -0.3 is 23.3 Å². The van der Waals surface area contributed by atoms with E-state index < -0.39 is 31.5 Å². The van der Waals surface area contributed by atoms with Crippen molar-refractivity contribution in [3.63, 3.8) is 0 Å². The van der Waals surface area contributed by atoms with Gasteiger partial charge in [-0.25, -0.2) is 9.46 Å². The third-order valence-electron chi connectivity index (χ3n) is 8.42. The molecule has 2 atom stereocenters. The summed E-state index contributed by atoms with van der Waals surface area (Å²) in [5.74, 6) is 1.44. The molecule has 272 valence electrons. The quantitative estimate of drug-likeness (QED) is 0.0625. The highest BCUT2D eigenvalue weighted by molar-refractivity contribution is 7.44. The Morgan fingerprint density at radius 3 is 1.90 bits per heavy atom. The van der Waals surface area contributed by atoms with Crippen molar-refractivity contribution in [3.05, 3.63) is 128 Å². The fourth-order valence-corrected chi connectivity index (χ4v) is 7.72. The van der Waals surface area contributed by atoms with Gasteiger partial charge in [-0.15, -0.1) is 0 Å². The lowest BCUT2D eigenvalue weighted by molar-refractivity contribution is -0.00625. The molecule has 51 heavy (non-hydrogen) atoms. The van der Waals surface area contributed by atoms with Gasteiger partial charge in [-0.1, -0.05) is 54.6 Å². The van der Waals surface area contributed by atoms with Crippen LogP contribution < -0.4 is 20.7 Å². The molecular formula is C39H49N4O7P. The minimum absolute atomic E-state index is 0.0732. The number of nitrogens with one attached hydrogen (secondary N) is 1. The van der Waals surface area contributed by atoms with Crippen molar-refractivity contribution >= 4 is 8.53 Å². The molecule has 0 saturated heterocycles. The van der Waals surface area contributed by atoms with Gasteiger partial charge in [0.15, 0.2) is 0 Å². The van der Waals surface area contributed by atoms with Crippen LogP contribution in [0.15, 0.2) is 94.6 Å². The Bertz CT molecular complexity index is 1760. The standard InChI is InChI=1S/C39H49N4O7P/c1-28(2)43(29(3)4)51(49-24-11-23-40)50-36(27-42-26-30(5)37(44)41-38(42)45)22-25-48-39(31-12-9-8-10-13-31,32-14-18-34(46-6)19-15-32)33-16-20-35(47-7)21-17-33/h8-10,12-21,26,28-29,36H,11,22,24-25,27H2,1-7H3,(H,41,44,45)/t36-,51?/m0/s1. The lowest BCUT2D eigenvalue weighted by Gasteiger charge is -2.38. The molecule has 12 heteroatoms. The molecule has 1 N–H and O–H groups in total. The maximum atomic E-state index is 13.0. The van der Waals surface area contributed by atoms with Crippen LogP contribution in [0.2, 0.25) is 0 Å². The van der Waals surface area contributed by atoms with Crippen LogP contribution in [0.1, 0.15) is 62.8 Å². The number of ether oxygens (including phenoxy) is 3. The first kappa shape index (κ1) is 39.5. The molecule has 1 unspecified atom stereocenters. The number of aryl methyl sites for hydroxylation is 1. The van der Waals surface area contributed by atoms with Crippen molar-refractivity contribution in [2.24, 2.45) is 0 Å². The summed E-state index contributed by atoms with van der Waals surface area (Å²) in [6.45, 7) is 10.5. The minimum Gasteiger partial charge on any atom is -0.497 e. The molecule has 3 aromatic carbocycles. The SMILES string of the molecule is COc1ccc(C(OCC[C@@H](Cn2cc(C)c(=O)[nH]c2=O)OP(OCCC#N)N(C(C)C)C(C)C)(c2ccccc2)c2ccc(OC)cc2)cc1. The summed E-state index contributed by atoms with van der Waals surface area (Å²) in [5, 5.41) is 9.25. The Labute approximate surface area is 301 Å². The topological polar surface area (TPSA) is 128 Å². The molecule has 0 aliphatic rings. The van der Waals surface area contributed by atoms with E-state index in [-0.39, 0.29) is 38.3 Å². The molecule has 4 rings (SSSR count).